The number of amides is 1. The first-order valence-corrected chi connectivity index (χ1v) is 6.30. The Morgan fingerprint density at radius 1 is 1.28 bits per heavy atom. The van der Waals surface area contributed by atoms with Gasteiger partial charge in [0, 0.05) is 18.7 Å². The Kier molecular flexibility index (Phi) is 5.49. The van der Waals surface area contributed by atoms with Crippen LogP contribution in [-0.2, 0) is 0 Å². The summed E-state index contributed by atoms with van der Waals surface area (Å²) in [6, 6.07) is 4.75. The molecule has 0 bridgehead atoms. The van der Waals surface area contributed by atoms with Crippen LogP contribution in [0.3, 0.4) is 0 Å². The van der Waals surface area contributed by atoms with Gasteiger partial charge in [0.2, 0.25) is 0 Å². The van der Waals surface area contributed by atoms with Crippen LogP contribution in [0, 0.1) is 0 Å². The Balaban J connectivity index is 2.90. The van der Waals surface area contributed by atoms with E-state index in [1.807, 2.05) is 13.8 Å². The van der Waals surface area contributed by atoms with E-state index in [-0.39, 0.29) is 11.7 Å². The van der Waals surface area contributed by atoms with E-state index in [4.69, 9.17) is 4.74 Å². The predicted molar refractivity (Wildman–Crippen MR) is 71.1 cm³/mol. The fourth-order valence-electron chi connectivity index (χ4n) is 1.86. The van der Waals surface area contributed by atoms with Gasteiger partial charge in [-0.3, -0.25) is 4.79 Å². The summed E-state index contributed by atoms with van der Waals surface area (Å²) in [5.74, 6) is 0.331. The van der Waals surface area contributed by atoms with E-state index < -0.39 is 0 Å². The first-order chi connectivity index (χ1) is 8.63. The Labute approximate surface area is 108 Å². The SMILES string of the molecule is CCCN(CCC)C(=O)c1ccc(OC)c(O)c1. The van der Waals surface area contributed by atoms with Crippen molar-refractivity contribution in [3.05, 3.63) is 23.8 Å². The van der Waals surface area contributed by atoms with E-state index in [9.17, 15) is 9.90 Å². The van der Waals surface area contributed by atoms with Crippen LogP contribution in [0.4, 0.5) is 0 Å². The topological polar surface area (TPSA) is 49.8 Å². The second kappa shape index (κ2) is 6.89. The molecule has 0 radical (unpaired) electrons. The first kappa shape index (κ1) is 14.4. The zero-order valence-corrected chi connectivity index (χ0v) is 11.3. The van der Waals surface area contributed by atoms with Crippen molar-refractivity contribution < 1.29 is 14.6 Å². The molecule has 0 aromatic heterocycles. The third kappa shape index (κ3) is 3.39. The number of carbonyl (C=O) groups is 1. The maximum Gasteiger partial charge on any atom is 0.253 e. The van der Waals surface area contributed by atoms with Gasteiger partial charge in [-0.1, -0.05) is 13.8 Å². The Morgan fingerprint density at radius 2 is 1.89 bits per heavy atom. The number of nitrogens with zero attached hydrogens (tertiary/aromatic N) is 1. The van der Waals surface area contributed by atoms with Gasteiger partial charge in [-0.05, 0) is 31.0 Å². The first-order valence-electron chi connectivity index (χ1n) is 6.30. The zero-order chi connectivity index (χ0) is 13.5. The maximum absolute atomic E-state index is 12.3. The highest BCUT2D eigenvalue weighted by Crippen LogP contribution is 2.26. The molecule has 1 N–H and O–H groups in total. The number of ether oxygens (including phenoxy) is 1. The number of rotatable bonds is 6. The summed E-state index contributed by atoms with van der Waals surface area (Å²) >= 11 is 0. The van der Waals surface area contributed by atoms with Gasteiger partial charge in [0.1, 0.15) is 0 Å². The third-order valence-electron chi connectivity index (χ3n) is 2.70. The molecule has 0 aliphatic rings. The van der Waals surface area contributed by atoms with Crippen molar-refractivity contribution in [2.75, 3.05) is 20.2 Å². The molecule has 4 heteroatoms. The molecular formula is C14H21NO3. The van der Waals surface area contributed by atoms with Crippen molar-refractivity contribution >= 4 is 5.91 Å². The minimum atomic E-state index is -0.0448. The summed E-state index contributed by atoms with van der Waals surface area (Å²) < 4.78 is 4.96. The Hall–Kier alpha value is -1.71. The van der Waals surface area contributed by atoms with E-state index in [1.165, 1.54) is 13.2 Å². The van der Waals surface area contributed by atoms with Crippen LogP contribution < -0.4 is 4.74 Å². The van der Waals surface area contributed by atoms with E-state index in [1.54, 1.807) is 17.0 Å². The molecule has 0 heterocycles. The van der Waals surface area contributed by atoms with Gasteiger partial charge in [-0.25, -0.2) is 0 Å². The summed E-state index contributed by atoms with van der Waals surface area (Å²) in [4.78, 5) is 14.1. The van der Waals surface area contributed by atoms with E-state index in [2.05, 4.69) is 0 Å². The molecule has 0 unspecified atom stereocenters. The van der Waals surface area contributed by atoms with Gasteiger partial charge in [0.25, 0.3) is 5.91 Å². The van der Waals surface area contributed by atoms with Crippen molar-refractivity contribution in [1.82, 2.24) is 4.90 Å². The highest BCUT2D eigenvalue weighted by molar-refractivity contribution is 5.94. The number of benzene rings is 1. The van der Waals surface area contributed by atoms with Crippen LogP contribution in [0.5, 0.6) is 11.5 Å². The van der Waals surface area contributed by atoms with E-state index >= 15 is 0 Å². The molecule has 1 rings (SSSR count). The molecular weight excluding hydrogens is 230 g/mol. The average molecular weight is 251 g/mol. The molecule has 0 aliphatic heterocycles. The number of hydrogen-bond donors (Lipinski definition) is 1. The van der Waals surface area contributed by atoms with Gasteiger partial charge in [-0.15, -0.1) is 0 Å². The number of phenolic OH excluding ortho intramolecular Hbond substituents is 1. The molecule has 0 spiro atoms. The highest BCUT2D eigenvalue weighted by atomic mass is 16.5. The predicted octanol–water partition coefficient (Wildman–Crippen LogP) is 2.66. The fraction of sp³-hybridized carbons (Fsp3) is 0.500. The summed E-state index contributed by atoms with van der Waals surface area (Å²) in [7, 11) is 1.48. The quantitative estimate of drug-likeness (QED) is 0.845. The maximum atomic E-state index is 12.3. The number of carbonyl (C=O) groups excluding carboxylic acids is 1. The number of aromatic hydroxyl groups is 1. The molecule has 0 atom stereocenters. The van der Waals surface area contributed by atoms with Gasteiger partial charge < -0.3 is 14.7 Å². The second-order valence-corrected chi connectivity index (χ2v) is 4.18. The lowest BCUT2D eigenvalue weighted by atomic mass is 10.1. The molecule has 4 nitrogen and oxygen atoms in total. The monoisotopic (exact) mass is 251 g/mol. The molecule has 1 aromatic carbocycles. The van der Waals surface area contributed by atoms with Crippen LogP contribution in [0.15, 0.2) is 18.2 Å². The fourth-order valence-corrected chi connectivity index (χ4v) is 1.86. The normalized spacial score (nSPS) is 10.2. The van der Waals surface area contributed by atoms with Crippen molar-refractivity contribution in [2.24, 2.45) is 0 Å². The number of hydrogen-bond acceptors (Lipinski definition) is 3. The summed E-state index contributed by atoms with van der Waals surface area (Å²) in [5.41, 5.74) is 0.496. The molecule has 1 aromatic rings. The smallest absolute Gasteiger partial charge is 0.253 e. The van der Waals surface area contributed by atoms with Crippen LogP contribution >= 0.6 is 0 Å². The zero-order valence-electron chi connectivity index (χ0n) is 11.3. The highest BCUT2D eigenvalue weighted by Gasteiger charge is 2.15. The molecule has 0 fully saturated rings. The average Bonchev–Trinajstić information content (AvgIpc) is 2.37. The van der Waals surface area contributed by atoms with Crippen LogP contribution in [-0.4, -0.2) is 36.1 Å². The Bertz CT molecular complexity index is 398. The van der Waals surface area contributed by atoms with Crippen LogP contribution in [0.2, 0.25) is 0 Å². The van der Waals surface area contributed by atoms with Crippen molar-refractivity contribution in [3.63, 3.8) is 0 Å². The van der Waals surface area contributed by atoms with Crippen LogP contribution in [0.1, 0.15) is 37.0 Å². The third-order valence-corrected chi connectivity index (χ3v) is 2.70. The minimum Gasteiger partial charge on any atom is -0.504 e. The lowest BCUT2D eigenvalue weighted by Gasteiger charge is -2.21. The Morgan fingerprint density at radius 3 is 2.33 bits per heavy atom. The van der Waals surface area contributed by atoms with Gasteiger partial charge in [0.05, 0.1) is 7.11 Å². The van der Waals surface area contributed by atoms with Crippen molar-refractivity contribution in [1.29, 1.82) is 0 Å². The second-order valence-electron chi connectivity index (χ2n) is 4.18. The van der Waals surface area contributed by atoms with Gasteiger partial charge >= 0.3 is 0 Å². The summed E-state index contributed by atoms with van der Waals surface area (Å²) in [5, 5.41) is 9.69. The molecule has 0 saturated carbocycles. The molecule has 0 aliphatic carbocycles. The van der Waals surface area contributed by atoms with E-state index in [0.29, 0.717) is 11.3 Å². The van der Waals surface area contributed by atoms with Gasteiger partial charge in [0.15, 0.2) is 11.5 Å². The minimum absolute atomic E-state index is 0.00343. The van der Waals surface area contributed by atoms with Crippen molar-refractivity contribution in [2.45, 2.75) is 26.7 Å². The standard InChI is InChI=1S/C14H21NO3/c1-4-8-15(9-5-2)14(17)11-6-7-13(18-3)12(16)10-11/h6-7,10,16H,4-5,8-9H2,1-3H3. The van der Waals surface area contributed by atoms with Gasteiger partial charge in [-0.2, -0.15) is 0 Å². The van der Waals surface area contributed by atoms with Crippen molar-refractivity contribution in [3.8, 4) is 11.5 Å². The number of phenols is 1. The molecule has 0 saturated heterocycles. The number of methoxy groups -OCH3 is 1. The van der Waals surface area contributed by atoms with Crippen LogP contribution in [0.25, 0.3) is 0 Å². The lowest BCUT2D eigenvalue weighted by molar-refractivity contribution is 0.0755. The summed E-state index contributed by atoms with van der Waals surface area (Å²) in [6.45, 7) is 5.56. The molecule has 18 heavy (non-hydrogen) atoms. The van der Waals surface area contributed by atoms with E-state index in [0.717, 1.165) is 25.9 Å². The largest absolute Gasteiger partial charge is 0.504 e. The summed E-state index contributed by atoms with van der Waals surface area (Å²) in [6.07, 6.45) is 1.85. The molecule has 100 valence electrons. The molecule has 1 amide bonds. The lowest BCUT2D eigenvalue weighted by Crippen LogP contribution is -2.32.